The zero-order valence-corrected chi connectivity index (χ0v) is 12.2. The van der Waals surface area contributed by atoms with E-state index in [2.05, 4.69) is 27.7 Å². The highest BCUT2D eigenvalue weighted by Crippen LogP contribution is 2.45. The van der Waals surface area contributed by atoms with Crippen molar-refractivity contribution in [1.29, 1.82) is 0 Å². The van der Waals surface area contributed by atoms with E-state index in [1.54, 1.807) is 0 Å². The minimum atomic E-state index is -0.114. The fourth-order valence-corrected chi connectivity index (χ4v) is 3.92. The monoisotopic (exact) mass is 264 g/mol. The minimum Gasteiger partial charge on any atom is -0.368 e. The Morgan fingerprint density at radius 1 is 1.22 bits per heavy atom. The Labute approximate surface area is 113 Å². The van der Waals surface area contributed by atoms with Crippen LogP contribution in [0.15, 0.2) is 29.2 Å². The number of hydrogen-bond donors (Lipinski definition) is 0. The van der Waals surface area contributed by atoms with Crippen molar-refractivity contribution in [3.63, 3.8) is 0 Å². The van der Waals surface area contributed by atoms with Crippen LogP contribution in [-0.4, -0.2) is 22.7 Å². The van der Waals surface area contributed by atoms with E-state index < -0.39 is 0 Å². The van der Waals surface area contributed by atoms with Gasteiger partial charge in [0.1, 0.15) is 6.29 Å². The zero-order chi connectivity index (χ0) is 13.4. The fourth-order valence-electron chi connectivity index (χ4n) is 2.48. The molecule has 98 valence electrons. The third-order valence-corrected chi connectivity index (χ3v) is 4.85. The van der Waals surface area contributed by atoms with Crippen molar-refractivity contribution in [2.45, 2.75) is 55.5 Å². The van der Waals surface area contributed by atoms with Gasteiger partial charge >= 0.3 is 0 Å². The lowest BCUT2D eigenvalue weighted by molar-refractivity contribution is -0.0631. The van der Waals surface area contributed by atoms with Crippen molar-refractivity contribution in [2.24, 2.45) is 0 Å². The van der Waals surface area contributed by atoms with E-state index in [1.807, 2.05) is 36.0 Å². The summed E-state index contributed by atoms with van der Waals surface area (Å²) in [7, 11) is 0. The third-order valence-electron chi connectivity index (χ3n) is 3.29. The average Bonchev–Trinajstić information content (AvgIpc) is 2.48. The van der Waals surface area contributed by atoms with Crippen LogP contribution in [-0.2, 0) is 4.74 Å². The summed E-state index contributed by atoms with van der Waals surface area (Å²) in [5.74, 6) is 0. The Morgan fingerprint density at radius 3 is 2.28 bits per heavy atom. The van der Waals surface area contributed by atoms with Gasteiger partial charge in [-0.1, -0.05) is 12.1 Å². The predicted octanol–water partition coefficient (Wildman–Crippen LogP) is 3.94. The van der Waals surface area contributed by atoms with Crippen LogP contribution in [0.5, 0.6) is 0 Å². The molecule has 2 rings (SSSR count). The topological polar surface area (TPSA) is 26.3 Å². The summed E-state index contributed by atoms with van der Waals surface area (Å²) in [6.45, 7) is 8.59. The molecule has 1 aliphatic heterocycles. The molecule has 1 saturated heterocycles. The second kappa shape index (κ2) is 4.71. The van der Waals surface area contributed by atoms with Crippen molar-refractivity contribution < 1.29 is 9.53 Å². The van der Waals surface area contributed by atoms with Gasteiger partial charge in [0.05, 0.1) is 11.2 Å². The molecule has 1 aromatic carbocycles. The van der Waals surface area contributed by atoms with Gasteiger partial charge in [-0.25, -0.2) is 0 Å². The summed E-state index contributed by atoms with van der Waals surface area (Å²) >= 11 is 1.84. The highest BCUT2D eigenvalue weighted by molar-refractivity contribution is 8.00. The van der Waals surface area contributed by atoms with E-state index in [0.29, 0.717) is 5.25 Å². The number of ether oxygens (including phenoxy) is 1. The Balaban J connectivity index is 2.11. The standard InChI is InChI=1S/C15H20O2S/c1-14(2)9-13(15(3,4)17-14)18-12-7-5-11(10-16)6-8-12/h5-8,10,13H,9H2,1-4H3. The largest absolute Gasteiger partial charge is 0.368 e. The van der Waals surface area contributed by atoms with Crippen LogP contribution in [0.2, 0.25) is 0 Å². The molecule has 1 atom stereocenters. The van der Waals surface area contributed by atoms with Crippen molar-refractivity contribution in [1.82, 2.24) is 0 Å². The van der Waals surface area contributed by atoms with E-state index in [4.69, 9.17) is 4.74 Å². The van der Waals surface area contributed by atoms with E-state index in [1.165, 1.54) is 4.90 Å². The Bertz CT molecular complexity index is 434. The third kappa shape index (κ3) is 2.96. The van der Waals surface area contributed by atoms with Crippen LogP contribution in [0.4, 0.5) is 0 Å². The molecule has 0 aliphatic carbocycles. The number of hydrogen-bond acceptors (Lipinski definition) is 3. The minimum absolute atomic E-state index is 0.0517. The van der Waals surface area contributed by atoms with Gasteiger partial charge in [0.2, 0.25) is 0 Å². The Hall–Kier alpha value is -0.800. The van der Waals surface area contributed by atoms with Crippen LogP contribution in [0.1, 0.15) is 44.5 Å². The maximum Gasteiger partial charge on any atom is 0.150 e. The molecule has 1 aliphatic rings. The first-order chi connectivity index (χ1) is 8.32. The van der Waals surface area contributed by atoms with Gasteiger partial charge in [-0.05, 0) is 46.2 Å². The molecule has 0 bridgehead atoms. The lowest BCUT2D eigenvalue weighted by Crippen LogP contribution is -2.30. The summed E-state index contributed by atoms with van der Waals surface area (Å²) in [6, 6.07) is 7.75. The molecule has 1 heterocycles. The van der Waals surface area contributed by atoms with Gasteiger partial charge in [-0.2, -0.15) is 0 Å². The zero-order valence-electron chi connectivity index (χ0n) is 11.4. The first-order valence-corrected chi connectivity index (χ1v) is 7.12. The Kier molecular flexibility index (Phi) is 3.56. The summed E-state index contributed by atoms with van der Waals surface area (Å²) in [4.78, 5) is 11.8. The lowest BCUT2D eigenvalue weighted by Gasteiger charge is -2.27. The molecule has 0 N–H and O–H groups in total. The van der Waals surface area contributed by atoms with Crippen LogP contribution >= 0.6 is 11.8 Å². The van der Waals surface area contributed by atoms with Crippen LogP contribution in [0.25, 0.3) is 0 Å². The van der Waals surface area contributed by atoms with Gasteiger partial charge in [-0.3, -0.25) is 4.79 Å². The smallest absolute Gasteiger partial charge is 0.150 e. The van der Waals surface area contributed by atoms with Crippen LogP contribution < -0.4 is 0 Å². The van der Waals surface area contributed by atoms with Crippen molar-refractivity contribution in [3.05, 3.63) is 29.8 Å². The first kappa shape index (κ1) is 13.6. The summed E-state index contributed by atoms with van der Waals surface area (Å²) in [5.41, 5.74) is 0.558. The van der Waals surface area contributed by atoms with Crippen molar-refractivity contribution in [3.8, 4) is 0 Å². The molecule has 0 amide bonds. The van der Waals surface area contributed by atoms with Gasteiger partial charge in [0.15, 0.2) is 0 Å². The fraction of sp³-hybridized carbons (Fsp3) is 0.533. The summed E-state index contributed by atoms with van der Waals surface area (Å²) in [5, 5.41) is 0.439. The quantitative estimate of drug-likeness (QED) is 0.774. The lowest BCUT2D eigenvalue weighted by atomic mass is 10.0. The average molecular weight is 264 g/mol. The number of carbonyl (C=O) groups excluding carboxylic acids is 1. The number of rotatable bonds is 3. The maximum absolute atomic E-state index is 10.6. The first-order valence-electron chi connectivity index (χ1n) is 6.24. The predicted molar refractivity (Wildman–Crippen MR) is 75.3 cm³/mol. The number of benzene rings is 1. The molecule has 1 unspecified atom stereocenters. The van der Waals surface area contributed by atoms with Crippen LogP contribution in [0, 0.1) is 0 Å². The van der Waals surface area contributed by atoms with E-state index in [9.17, 15) is 4.79 Å². The highest BCUT2D eigenvalue weighted by Gasteiger charge is 2.46. The van der Waals surface area contributed by atoms with E-state index in [-0.39, 0.29) is 11.2 Å². The van der Waals surface area contributed by atoms with E-state index in [0.717, 1.165) is 18.3 Å². The number of carbonyl (C=O) groups is 1. The molecule has 0 spiro atoms. The second-order valence-corrected chi connectivity index (χ2v) is 7.24. The van der Waals surface area contributed by atoms with Crippen molar-refractivity contribution >= 4 is 18.0 Å². The summed E-state index contributed by atoms with van der Waals surface area (Å²) < 4.78 is 6.09. The van der Waals surface area contributed by atoms with Gasteiger partial charge in [-0.15, -0.1) is 11.8 Å². The molecule has 1 fully saturated rings. The highest BCUT2D eigenvalue weighted by atomic mass is 32.2. The molecule has 18 heavy (non-hydrogen) atoms. The second-order valence-electron chi connectivity index (χ2n) is 5.96. The molecule has 3 heteroatoms. The summed E-state index contributed by atoms with van der Waals surface area (Å²) in [6.07, 6.45) is 1.92. The van der Waals surface area contributed by atoms with Crippen LogP contribution in [0.3, 0.4) is 0 Å². The molecule has 0 radical (unpaired) electrons. The SMILES string of the molecule is CC1(C)CC(Sc2ccc(C=O)cc2)C(C)(C)O1. The molecule has 0 aromatic heterocycles. The molecular formula is C15H20O2S. The van der Waals surface area contributed by atoms with Gasteiger partial charge < -0.3 is 4.74 Å². The molecule has 2 nitrogen and oxygen atoms in total. The van der Waals surface area contributed by atoms with E-state index >= 15 is 0 Å². The van der Waals surface area contributed by atoms with Crippen molar-refractivity contribution in [2.75, 3.05) is 0 Å². The van der Waals surface area contributed by atoms with Gasteiger partial charge in [0.25, 0.3) is 0 Å². The maximum atomic E-state index is 10.6. The number of thioether (sulfide) groups is 1. The van der Waals surface area contributed by atoms with Gasteiger partial charge in [0, 0.05) is 15.7 Å². The normalized spacial score (nSPS) is 25.0. The molecule has 1 aromatic rings. The number of aldehydes is 1. The molecule has 0 saturated carbocycles. The Morgan fingerprint density at radius 2 is 1.83 bits per heavy atom. The molecular weight excluding hydrogens is 244 g/mol.